The van der Waals surface area contributed by atoms with Gasteiger partial charge in [-0.15, -0.1) is 0 Å². The minimum Gasteiger partial charge on any atom is -0.342 e. The second-order valence-corrected chi connectivity index (χ2v) is 6.46. The molecule has 25 heavy (non-hydrogen) atoms. The highest BCUT2D eigenvalue weighted by Gasteiger charge is 2.34. The molecule has 1 atom stereocenters. The van der Waals surface area contributed by atoms with E-state index in [2.05, 4.69) is 5.32 Å². The summed E-state index contributed by atoms with van der Waals surface area (Å²) in [6.07, 6.45) is 0.588. The van der Waals surface area contributed by atoms with Crippen molar-refractivity contribution >= 4 is 29.1 Å². The van der Waals surface area contributed by atoms with Crippen molar-refractivity contribution in [2.45, 2.75) is 12.8 Å². The van der Waals surface area contributed by atoms with E-state index in [9.17, 15) is 14.0 Å². The molecule has 6 heteroatoms. The number of anilines is 1. The fourth-order valence-corrected chi connectivity index (χ4v) is 3.10. The fourth-order valence-electron chi connectivity index (χ4n) is 2.92. The van der Waals surface area contributed by atoms with Crippen LogP contribution in [-0.2, 0) is 16.0 Å². The zero-order valence-electron chi connectivity index (χ0n) is 13.5. The number of nitrogens with zero attached hydrogens (tertiary/aromatic N) is 1. The third-order valence-electron chi connectivity index (χ3n) is 4.33. The van der Waals surface area contributed by atoms with E-state index in [1.807, 2.05) is 0 Å². The molecule has 1 aliphatic rings. The van der Waals surface area contributed by atoms with Crippen molar-refractivity contribution in [1.29, 1.82) is 0 Å². The Morgan fingerprint density at radius 3 is 2.68 bits per heavy atom. The van der Waals surface area contributed by atoms with Crippen LogP contribution >= 0.6 is 11.6 Å². The van der Waals surface area contributed by atoms with Gasteiger partial charge in [-0.2, -0.15) is 0 Å². The summed E-state index contributed by atoms with van der Waals surface area (Å²) in [6.45, 7) is 0.735. The van der Waals surface area contributed by atoms with Crippen molar-refractivity contribution in [3.63, 3.8) is 0 Å². The molecule has 3 rings (SSSR count). The van der Waals surface area contributed by atoms with Gasteiger partial charge >= 0.3 is 0 Å². The number of hydrogen-bond acceptors (Lipinski definition) is 2. The van der Waals surface area contributed by atoms with Crippen LogP contribution in [0.1, 0.15) is 12.0 Å². The van der Waals surface area contributed by atoms with E-state index in [0.29, 0.717) is 35.8 Å². The first-order valence-electron chi connectivity index (χ1n) is 8.11. The Bertz CT molecular complexity index is 796. The Morgan fingerprint density at radius 1 is 1.20 bits per heavy atom. The molecule has 2 aromatic carbocycles. The van der Waals surface area contributed by atoms with Crippen molar-refractivity contribution in [3.8, 4) is 0 Å². The Hall–Kier alpha value is -2.40. The Kier molecular flexibility index (Phi) is 5.34. The maximum Gasteiger partial charge on any atom is 0.229 e. The molecule has 1 N–H and O–H groups in total. The molecule has 4 nitrogen and oxygen atoms in total. The van der Waals surface area contributed by atoms with Gasteiger partial charge in [0.1, 0.15) is 5.82 Å². The molecule has 0 saturated carbocycles. The lowest BCUT2D eigenvalue weighted by Gasteiger charge is -2.17. The highest BCUT2D eigenvalue weighted by molar-refractivity contribution is 6.33. The maximum atomic E-state index is 13.7. The molecule has 0 aliphatic carbocycles. The number of benzene rings is 2. The molecule has 0 radical (unpaired) electrons. The number of nitrogens with one attached hydrogen (secondary N) is 1. The molecule has 1 fully saturated rings. The number of amides is 2. The quantitative estimate of drug-likeness (QED) is 0.887. The lowest BCUT2D eigenvalue weighted by Crippen LogP contribution is -2.30. The summed E-state index contributed by atoms with van der Waals surface area (Å²) >= 11 is 6.04. The topological polar surface area (TPSA) is 49.4 Å². The number of hydrogen-bond donors (Lipinski definition) is 1. The van der Waals surface area contributed by atoms with Gasteiger partial charge in [0.25, 0.3) is 0 Å². The summed E-state index contributed by atoms with van der Waals surface area (Å²) < 4.78 is 13.7. The van der Waals surface area contributed by atoms with Crippen LogP contribution in [-0.4, -0.2) is 29.8 Å². The third kappa shape index (κ3) is 4.17. The zero-order valence-corrected chi connectivity index (χ0v) is 14.3. The number of likely N-dealkylation sites (tertiary alicyclic amines) is 1. The van der Waals surface area contributed by atoms with E-state index in [1.54, 1.807) is 47.4 Å². The summed E-state index contributed by atoms with van der Waals surface area (Å²) in [5, 5.41) is 3.22. The first-order chi connectivity index (χ1) is 12.0. The van der Waals surface area contributed by atoms with Crippen LogP contribution in [0.15, 0.2) is 48.5 Å². The molecular formula is C19H18ClFN2O2. The Labute approximate surface area is 150 Å². The molecule has 1 saturated heterocycles. The van der Waals surface area contributed by atoms with Gasteiger partial charge in [-0.25, -0.2) is 4.39 Å². The monoisotopic (exact) mass is 360 g/mol. The molecule has 0 bridgehead atoms. The van der Waals surface area contributed by atoms with E-state index in [1.165, 1.54) is 6.07 Å². The average Bonchev–Trinajstić information content (AvgIpc) is 2.97. The highest BCUT2D eigenvalue weighted by Crippen LogP contribution is 2.24. The fraction of sp³-hybridized carbons (Fsp3) is 0.263. The predicted molar refractivity (Wildman–Crippen MR) is 94.9 cm³/mol. The van der Waals surface area contributed by atoms with Gasteiger partial charge in [0.05, 0.1) is 16.6 Å². The van der Waals surface area contributed by atoms with Gasteiger partial charge in [0.2, 0.25) is 11.8 Å². The smallest absolute Gasteiger partial charge is 0.229 e. The van der Waals surface area contributed by atoms with Crippen LogP contribution in [0, 0.1) is 11.7 Å². The van der Waals surface area contributed by atoms with Crippen molar-refractivity contribution in [2.24, 2.45) is 5.92 Å². The largest absolute Gasteiger partial charge is 0.342 e. The number of halogens is 2. The third-order valence-corrected chi connectivity index (χ3v) is 4.66. The normalized spacial score (nSPS) is 17.0. The zero-order chi connectivity index (χ0) is 17.8. The first-order valence-corrected chi connectivity index (χ1v) is 8.49. The molecule has 2 amide bonds. The minimum atomic E-state index is -0.426. The second-order valence-electron chi connectivity index (χ2n) is 6.05. The van der Waals surface area contributed by atoms with E-state index in [0.717, 1.165) is 0 Å². The maximum absolute atomic E-state index is 13.7. The van der Waals surface area contributed by atoms with Crippen molar-refractivity contribution in [2.75, 3.05) is 18.4 Å². The molecule has 1 unspecified atom stereocenters. The minimum absolute atomic E-state index is 0.0874. The van der Waals surface area contributed by atoms with Gasteiger partial charge in [0.15, 0.2) is 0 Å². The van der Waals surface area contributed by atoms with Crippen LogP contribution in [0.25, 0.3) is 0 Å². The Morgan fingerprint density at radius 2 is 1.92 bits per heavy atom. The van der Waals surface area contributed by atoms with E-state index < -0.39 is 5.92 Å². The van der Waals surface area contributed by atoms with E-state index >= 15 is 0 Å². The summed E-state index contributed by atoms with van der Waals surface area (Å²) in [7, 11) is 0. The molecule has 1 heterocycles. The number of carbonyl (C=O) groups is 2. The van der Waals surface area contributed by atoms with Gasteiger partial charge in [-0.1, -0.05) is 41.9 Å². The molecule has 1 aliphatic heterocycles. The summed E-state index contributed by atoms with van der Waals surface area (Å²) in [4.78, 5) is 26.1. The molecular weight excluding hydrogens is 343 g/mol. The molecule has 2 aromatic rings. The van der Waals surface area contributed by atoms with Gasteiger partial charge in [-0.05, 0) is 30.2 Å². The van der Waals surface area contributed by atoms with Crippen LogP contribution in [0.2, 0.25) is 5.02 Å². The molecule has 0 spiro atoms. The van der Waals surface area contributed by atoms with Crippen molar-refractivity contribution in [3.05, 3.63) is 64.9 Å². The van der Waals surface area contributed by atoms with Crippen molar-refractivity contribution in [1.82, 2.24) is 4.90 Å². The first kappa shape index (κ1) is 17.4. The van der Waals surface area contributed by atoms with Crippen LogP contribution < -0.4 is 5.32 Å². The van der Waals surface area contributed by atoms with Crippen LogP contribution in [0.3, 0.4) is 0 Å². The summed E-state index contributed by atoms with van der Waals surface area (Å²) in [5.41, 5.74) is 1.10. The highest BCUT2D eigenvalue weighted by atomic mass is 35.5. The lowest BCUT2D eigenvalue weighted by atomic mass is 10.1. The number of rotatable bonds is 5. The van der Waals surface area contributed by atoms with Gasteiger partial charge < -0.3 is 10.2 Å². The SMILES string of the molecule is O=C(Nc1ccccc1Cl)C1CC(=O)N(CCc2ccccc2F)C1. The van der Waals surface area contributed by atoms with Gasteiger partial charge in [-0.3, -0.25) is 9.59 Å². The number of para-hydroxylation sites is 1. The van der Waals surface area contributed by atoms with Crippen LogP contribution in [0.5, 0.6) is 0 Å². The van der Waals surface area contributed by atoms with Crippen LogP contribution in [0.4, 0.5) is 10.1 Å². The Balaban J connectivity index is 1.57. The van der Waals surface area contributed by atoms with E-state index in [4.69, 9.17) is 11.6 Å². The molecule has 0 aromatic heterocycles. The lowest BCUT2D eigenvalue weighted by molar-refractivity contribution is -0.128. The summed E-state index contributed by atoms with van der Waals surface area (Å²) in [6, 6.07) is 13.5. The predicted octanol–water partition coefficient (Wildman–Crippen LogP) is 3.51. The second kappa shape index (κ2) is 7.66. The van der Waals surface area contributed by atoms with E-state index in [-0.39, 0.29) is 24.1 Å². The average molecular weight is 361 g/mol. The number of carbonyl (C=O) groups excluding carboxylic acids is 2. The van der Waals surface area contributed by atoms with Crippen molar-refractivity contribution < 1.29 is 14.0 Å². The molecule has 130 valence electrons. The standard InChI is InChI=1S/C19H18ClFN2O2/c20-15-6-2-4-8-17(15)22-19(25)14-11-18(24)23(12-14)10-9-13-5-1-3-7-16(13)21/h1-8,14H,9-12H2,(H,22,25). The van der Waals surface area contributed by atoms with Gasteiger partial charge in [0, 0.05) is 19.5 Å². The summed E-state index contributed by atoms with van der Waals surface area (Å²) in [5.74, 6) is -1.02.